The quantitative estimate of drug-likeness (QED) is 0.485. The molecule has 15 heavy (non-hydrogen) atoms. The van der Waals surface area contributed by atoms with Crippen molar-refractivity contribution in [3.63, 3.8) is 0 Å². The lowest BCUT2D eigenvalue weighted by atomic mass is 9.89. The molecule has 0 atom stereocenters. The van der Waals surface area contributed by atoms with Gasteiger partial charge in [0.25, 0.3) is 0 Å². The van der Waals surface area contributed by atoms with Crippen LogP contribution in [0.15, 0.2) is 35.5 Å². The lowest BCUT2D eigenvalue weighted by Crippen LogP contribution is -2.03. The molecule has 0 spiro atoms. The maximum Gasteiger partial charge on any atom is 0.000697 e. The fraction of sp³-hybridized carbons (Fsp3) is 0.600. The van der Waals surface area contributed by atoms with Crippen LogP contribution in [0.1, 0.15) is 53.4 Å². The molecule has 1 aliphatic carbocycles. The highest BCUT2D eigenvalue weighted by Crippen LogP contribution is 2.24. The Labute approximate surface area is 94.8 Å². The molecule has 0 N–H and O–H groups in total. The summed E-state index contributed by atoms with van der Waals surface area (Å²) in [6, 6.07) is 0. The van der Waals surface area contributed by atoms with Gasteiger partial charge in [0.15, 0.2) is 0 Å². The number of rotatable bonds is 0. The van der Waals surface area contributed by atoms with Crippen molar-refractivity contribution in [3.8, 4) is 0 Å². The van der Waals surface area contributed by atoms with E-state index in [1.807, 2.05) is 0 Å². The Morgan fingerprint density at radius 1 is 1.00 bits per heavy atom. The predicted octanol–water partition coefficient (Wildman–Crippen LogP) is 5.04. The third kappa shape index (κ3) is 5.01. The van der Waals surface area contributed by atoms with Gasteiger partial charge in [-0.2, -0.15) is 0 Å². The Kier molecular flexibility index (Phi) is 4.38. The predicted molar refractivity (Wildman–Crippen MR) is 68.9 cm³/mol. The number of allylic oxidation sites excluding steroid dienone is 6. The fourth-order valence-electron chi connectivity index (χ4n) is 2.10. The number of hydrogen-bond acceptors (Lipinski definition) is 0. The molecule has 0 amide bonds. The van der Waals surface area contributed by atoms with Gasteiger partial charge in [-0.25, -0.2) is 0 Å². The zero-order chi connectivity index (χ0) is 11.3. The van der Waals surface area contributed by atoms with Crippen LogP contribution in [0.3, 0.4) is 0 Å². The smallest absolute Gasteiger partial charge is 0.000697 e. The van der Waals surface area contributed by atoms with Crippen LogP contribution in [0.2, 0.25) is 0 Å². The first kappa shape index (κ1) is 12.3. The molecule has 0 radical (unpaired) electrons. The highest BCUT2D eigenvalue weighted by Gasteiger charge is 2.10. The molecule has 0 unspecified atom stereocenters. The highest BCUT2D eigenvalue weighted by molar-refractivity contribution is 5.15. The van der Waals surface area contributed by atoms with Crippen molar-refractivity contribution in [3.05, 3.63) is 35.5 Å². The van der Waals surface area contributed by atoms with E-state index in [0.29, 0.717) is 0 Å². The van der Waals surface area contributed by atoms with Crippen molar-refractivity contribution in [1.82, 2.24) is 0 Å². The molecule has 0 saturated carbocycles. The normalized spacial score (nSPS) is 31.7. The van der Waals surface area contributed by atoms with Crippen molar-refractivity contribution >= 4 is 0 Å². The lowest BCUT2D eigenvalue weighted by Gasteiger charge is -2.16. The van der Waals surface area contributed by atoms with E-state index < -0.39 is 0 Å². The van der Waals surface area contributed by atoms with E-state index in [2.05, 4.69) is 52.0 Å². The van der Waals surface area contributed by atoms with Crippen LogP contribution in [0.25, 0.3) is 0 Å². The van der Waals surface area contributed by atoms with Crippen molar-refractivity contribution in [2.75, 3.05) is 0 Å². The fourth-order valence-corrected chi connectivity index (χ4v) is 2.10. The third-order valence-corrected chi connectivity index (χ3v) is 2.90. The van der Waals surface area contributed by atoms with Crippen LogP contribution in [-0.2, 0) is 0 Å². The van der Waals surface area contributed by atoms with Crippen LogP contribution in [-0.4, -0.2) is 0 Å². The van der Waals surface area contributed by atoms with E-state index >= 15 is 0 Å². The molecule has 0 bridgehead atoms. The second-order valence-corrected chi connectivity index (χ2v) is 5.34. The summed E-state index contributed by atoms with van der Waals surface area (Å²) < 4.78 is 0. The summed E-state index contributed by atoms with van der Waals surface area (Å²) in [4.78, 5) is 0. The highest BCUT2D eigenvalue weighted by atomic mass is 14.1. The van der Waals surface area contributed by atoms with Crippen molar-refractivity contribution in [2.45, 2.75) is 53.4 Å². The zero-order valence-corrected chi connectivity index (χ0v) is 10.6. The lowest BCUT2D eigenvalue weighted by molar-refractivity contribution is 0.614. The zero-order valence-electron chi connectivity index (χ0n) is 10.6. The molecule has 0 nitrogen and oxygen atoms in total. The molecule has 0 aromatic heterocycles. The second kappa shape index (κ2) is 5.34. The molecular weight excluding hydrogens is 180 g/mol. The van der Waals surface area contributed by atoms with Gasteiger partial charge in [0.1, 0.15) is 0 Å². The van der Waals surface area contributed by atoms with E-state index in [9.17, 15) is 0 Å². The standard InChI is InChI=1S/C15H24/c1-13-8-5-6-11-15(3,4)12-14(2)10-7-9-13/h6,9,11-12H,5,7-8,10H2,1-4H3/b11-6-,13-9-,14-12-. The summed E-state index contributed by atoms with van der Waals surface area (Å²) >= 11 is 0. The first-order valence-electron chi connectivity index (χ1n) is 6.01. The Hall–Kier alpha value is -0.780. The van der Waals surface area contributed by atoms with E-state index in [1.165, 1.54) is 36.8 Å². The molecule has 0 heterocycles. The summed E-state index contributed by atoms with van der Waals surface area (Å²) in [5, 5.41) is 0. The summed E-state index contributed by atoms with van der Waals surface area (Å²) in [6.07, 6.45) is 14.3. The number of hydrogen-bond donors (Lipinski definition) is 0. The first-order chi connectivity index (χ1) is 6.99. The molecule has 0 fully saturated rings. The molecule has 0 heteroatoms. The van der Waals surface area contributed by atoms with Gasteiger partial charge in [0.05, 0.1) is 0 Å². The van der Waals surface area contributed by atoms with Gasteiger partial charge >= 0.3 is 0 Å². The topological polar surface area (TPSA) is 0 Å². The van der Waals surface area contributed by atoms with E-state index in [-0.39, 0.29) is 5.41 Å². The van der Waals surface area contributed by atoms with Crippen LogP contribution < -0.4 is 0 Å². The minimum atomic E-state index is 0.225. The van der Waals surface area contributed by atoms with Crippen molar-refractivity contribution in [1.29, 1.82) is 0 Å². The Morgan fingerprint density at radius 3 is 2.40 bits per heavy atom. The van der Waals surface area contributed by atoms with Crippen molar-refractivity contribution < 1.29 is 0 Å². The van der Waals surface area contributed by atoms with Gasteiger partial charge in [-0.05, 0) is 39.5 Å². The summed E-state index contributed by atoms with van der Waals surface area (Å²) in [6.45, 7) is 9.06. The molecule has 1 aliphatic rings. The second-order valence-electron chi connectivity index (χ2n) is 5.34. The summed E-state index contributed by atoms with van der Waals surface area (Å²) in [5.74, 6) is 0. The minimum absolute atomic E-state index is 0.225. The van der Waals surface area contributed by atoms with Gasteiger partial charge in [-0.15, -0.1) is 0 Å². The van der Waals surface area contributed by atoms with Gasteiger partial charge in [-0.3, -0.25) is 0 Å². The molecule has 0 aliphatic heterocycles. The molecule has 84 valence electrons. The third-order valence-electron chi connectivity index (χ3n) is 2.90. The summed E-state index contributed by atoms with van der Waals surface area (Å²) in [5.41, 5.74) is 3.27. The SMILES string of the molecule is C/C1=C/CC/C(C)=C\C(C)(C)/C=C\CC1. The first-order valence-corrected chi connectivity index (χ1v) is 6.01. The van der Waals surface area contributed by atoms with E-state index in [0.717, 1.165) is 0 Å². The summed E-state index contributed by atoms with van der Waals surface area (Å²) in [7, 11) is 0. The average Bonchev–Trinajstić information content (AvgIpc) is 2.12. The average molecular weight is 204 g/mol. The largest absolute Gasteiger partial charge is 0.0874 e. The molecule has 0 aromatic carbocycles. The van der Waals surface area contributed by atoms with Crippen LogP contribution in [0.5, 0.6) is 0 Å². The molecule has 0 saturated heterocycles. The van der Waals surface area contributed by atoms with Crippen LogP contribution in [0.4, 0.5) is 0 Å². The van der Waals surface area contributed by atoms with Gasteiger partial charge < -0.3 is 0 Å². The Morgan fingerprint density at radius 2 is 1.67 bits per heavy atom. The van der Waals surface area contributed by atoms with E-state index in [1.54, 1.807) is 0 Å². The maximum absolute atomic E-state index is 2.40. The Balaban J connectivity index is 2.80. The molecule has 1 rings (SSSR count). The van der Waals surface area contributed by atoms with Crippen molar-refractivity contribution in [2.24, 2.45) is 5.41 Å². The van der Waals surface area contributed by atoms with Gasteiger partial charge in [-0.1, -0.05) is 49.3 Å². The Bertz CT molecular complexity index is 287. The minimum Gasteiger partial charge on any atom is -0.0874 e. The van der Waals surface area contributed by atoms with Gasteiger partial charge in [0, 0.05) is 5.41 Å². The monoisotopic (exact) mass is 204 g/mol. The molecular formula is C15H24. The van der Waals surface area contributed by atoms with E-state index in [4.69, 9.17) is 0 Å². The molecule has 0 aromatic rings. The maximum atomic E-state index is 2.40. The van der Waals surface area contributed by atoms with Crippen LogP contribution in [0, 0.1) is 5.41 Å². The van der Waals surface area contributed by atoms with Gasteiger partial charge in [0.2, 0.25) is 0 Å². The van der Waals surface area contributed by atoms with Crippen LogP contribution >= 0.6 is 0 Å².